The molecule has 1 aliphatic heterocycles. The molecule has 1 heterocycles. The Kier molecular flexibility index (Phi) is 3.87. The molecule has 0 unspecified atom stereocenters. The van der Waals surface area contributed by atoms with E-state index in [9.17, 15) is 0 Å². The van der Waals surface area contributed by atoms with E-state index < -0.39 is 0 Å². The van der Waals surface area contributed by atoms with E-state index in [1.54, 1.807) is 16.8 Å². The van der Waals surface area contributed by atoms with Crippen LogP contribution in [-0.2, 0) is 12.8 Å². The molecule has 1 aliphatic carbocycles. The van der Waals surface area contributed by atoms with Crippen molar-refractivity contribution in [1.29, 1.82) is 0 Å². The highest BCUT2D eigenvalue weighted by molar-refractivity contribution is 5.57. The summed E-state index contributed by atoms with van der Waals surface area (Å²) in [4.78, 5) is 2.67. The van der Waals surface area contributed by atoms with Crippen molar-refractivity contribution in [3.05, 3.63) is 29.3 Å². The number of hydrogen-bond acceptors (Lipinski definition) is 1. The summed E-state index contributed by atoms with van der Waals surface area (Å²) in [6.45, 7) is 2.55. The van der Waals surface area contributed by atoms with Crippen LogP contribution < -0.4 is 4.90 Å². The molecule has 0 N–H and O–H groups in total. The van der Waals surface area contributed by atoms with Crippen LogP contribution in [0.15, 0.2) is 18.2 Å². The normalized spacial score (nSPS) is 21.0. The molecule has 0 radical (unpaired) electrons. The Labute approximate surface area is 111 Å². The summed E-state index contributed by atoms with van der Waals surface area (Å²) in [5.41, 5.74) is 4.86. The fourth-order valence-corrected chi connectivity index (χ4v) is 3.55. The van der Waals surface area contributed by atoms with Crippen LogP contribution in [0.5, 0.6) is 0 Å². The van der Waals surface area contributed by atoms with Gasteiger partial charge in [-0.15, -0.1) is 0 Å². The molecule has 3 rings (SSSR count). The van der Waals surface area contributed by atoms with Crippen molar-refractivity contribution in [2.45, 2.75) is 57.8 Å². The lowest BCUT2D eigenvalue weighted by molar-refractivity contribution is 0.554. The Morgan fingerprint density at radius 3 is 2.28 bits per heavy atom. The number of rotatable bonds is 1. The van der Waals surface area contributed by atoms with Gasteiger partial charge in [-0.1, -0.05) is 31.4 Å². The van der Waals surface area contributed by atoms with Gasteiger partial charge in [-0.05, 0) is 55.7 Å². The van der Waals surface area contributed by atoms with Crippen LogP contribution in [0.4, 0.5) is 5.69 Å². The third kappa shape index (κ3) is 2.55. The smallest absolute Gasteiger partial charge is 0.0401 e. The zero-order chi connectivity index (χ0) is 12.2. The summed E-state index contributed by atoms with van der Waals surface area (Å²) < 4.78 is 0. The van der Waals surface area contributed by atoms with Gasteiger partial charge in [0.15, 0.2) is 0 Å². The molecule has 1 saturated heterocycles. The zero-order valence-corrected chi connectivity index (χ0v) is 11.5. The summed E-state index contributed by atoms with van der Waals surface area (Å²) in [5.74, 6) is 0. The fourth-order valence-electron chi connectivity index (χ4n) is 3.55. The lowest BCUT2D eigenvalue weighted by Gasteiger charge is -2.31. The van der Waals surface area contributed by atoms with Gasteiger partial charge in [0.25, 0.3) is 0 Å². The number of benzene rings is 1. The predicted molar refractivity (Wildman–Crippen MR) is 78.4 cm³/mol. The first kappa shape index (κ1) is 12.1. The summed E-state index contributed by atoms with van der Waals surface area (Å²) in [7, 11) is 0. The molecule has 18 heavy (non-hydrogen) atoms. The quantitative estimate of drug-likeness (QED) is 0.709. The third-order valence-corrected chi connectivity index (χ3v) is 4.57. The van der Waals surface area contributed by atoms with Crippen LogP contribution in [0.2, 0.25) is 0 Å². The molecule has 0 bridgehead atoms. The molecule has 1 nitrogen and oxygen atoms in total. The van der Waals surface area contributed by atoms with Gasteiger partial charge in [-0.3, -0.25) is 0 Å². The molecule has 1 aromatic carbocycles. The van der Waals surface area contributed by atoms with Crippen LogP contribution >= 0.6 is 0 Å². The predicted octanol–water partition coefficient (Wildman–Crippen LogP) is 4.34. The number of hydrogen-bond donors (Lipinski definition) is 0. The molecular weight excluding hydrogens is 218 g/mol. The van der Waals surface area contributed by atoms with Crippen molar-refractivity contribution >= 4 is 5.69 Å². The van der Waals surface area contributed by atoms with Crippen LogP contribution in [0.3, 0.4) is 0 Å². The van der Waals surface area contributed by atoms with Gasteiger partial charge in [0.05, 0.1) is 0 Å². The maximum atomic E-state index is 2.67. The standard InChI is InChI=1S/C17H25N/c1-2-6-13-18(14-7-3-1)17-12-8-10-15-9-4-5-11-16(15)17/h8,10,12H,1-7,9,11,13-14H2. The summed E-state index contributed by atoms with van der Waals surface area (Å²) >= 11 is 0. The van der Waals surface area contributed by atoms with Gasteiger partial charge in [0.2, 0.25) is 0 Å². The van der Waals surface area contributed by atoms with Gasteiger partial charge < -0.3 is 4.90 Å². The number of nitrogens with zero attached hydrogens (tertiary/aromatic N) is 1. The Balaban J connectivity index is 1.85. The highest BCUT2D eigenvalue weighted by Crippen LogP contribution is 2.31. The number of aryl methyl sites for hydroxylation is 1. The van der Waals surface area contributed by atoms with Crippen LogP contribution in [-0.4, -0.2) is 13.1 Å². The molecular formula is C17H25N. The molecule has 1 aromatic rings. The van der Waals surface area contributed by atoms with Gasteiger partial charge in [-0.25, -0.2) is 0 Å². The second-order valence-corrected chi connectivity index (χ2v) is 5.88. The van der Waals surface area contributed by atoms with E-state index in [0.29, 0.717) is 0 Å². The largest absolute Gasteiger partial charge is 0.371 e. The van der Waals surface area contributed by atoms with Crippen molar-refractivity contribution in [3.8, 4) is 0 Å². The molecule has 1 fully saturated rings. The lowest BCUT2D eigenvalue weighted by Crippen LogP contribution is -2.28. The van der Waals surface area contributed by atoms with E-state index in [-0.39, 0.29) is 0 Å². The summed E-state index contributed by atoms with van der Waals surface area (Å²) in [5, 5.41) is 0. The minimum atomic E-state index is 1.27. The van der Waals surface area contributed by atoms with E-state index in [1.165, 1.54) is 70.9 Å². The SMILES string of the molecule is c1cc2c(c(N3CCCCCCC3)c1)CCCC2. The number of anilines is 1. The third-order valence-electron chi connectivity index (χ3n) is 4.57. The average molecular weight is 243 g/mol. The van der Waals surface area contributed by atoms with Crippen molar-refractivity contribution < 1.29 is 0 Å². The van der Waals surface area contributed by atoms with Crippen LogP contribution in [0.1, 0.15) is 56.1 Å². The maximum absolute atomic E-state index is 2.67. The molecule has 0 atom stereocenters. The van der Waals surface area contributed by atoms with E-state index in [1.807, 2.05) is 0 Å². The van der Waals surface area contributed by atoms with Crippen molar-refractivity contribution in [2.24, 2.45) is 0 Å². The van der Waals surface area contributed by atoms with E-state index in [2.05, 4.69) is 23.1 Å². The molecule has 0 spiro atoms. The Morgan fingerprint density at radius 2 is 1.44 bits per heavy atom. The molecule has 0 amide bonds. The molecule has 0 saturated carbocycles. The van der Waals surface area contributed by atoms with E-state index in [0.717, 1.165) is 0 Å². The van der Waals surface area contributed by atoms with Crippen molar-refractivity contribution in [1.82, 2.24) is 0 Å². The van der Waals surface area contributed by atoms with Gasteiger partial charge in [0, 0.05) is 18.8 Å². The lowest BCUT2D eigenvalue weighted by atomic mass is 9.90. The fraction of sp³-hybridized carbons (Fsp3) is 0.647. The van der Waals surface area contributed by atoms with Crippen LogP contribution in [0, 0.1) is 0 Å². The monoisotopic (exact) mass is 243 g/mol. The topological polar surface area (TPSA) is 3.24 Å². The van der Waals surface area contributed by atoms with E-state index in [4.69, 9.17) is 0 Å². The first-order valence-electron chi connectivity index (χ1n) is 7.81. The van der Waals surface area contributed by atoms with Gasteiger partial charge in [-0.2, -0.15) is 0 Å². The Morgan fingerprint density at radius 1 is 0.722 bits per heavy atom. The number of fused-ring (bicyclic) bond motifs is 1. The van der Waals surface area contributed by atoms with Crippen molar-refractivity contribution in [3.63, 3.8) is 0 Å². The minimum Gasteiger partial charge on any atom is -0.371 e. The van der Waals surface area contributed by atoms with Crippen molar-refractivity contribution in [2.75, 3.05) is 18.0 Å². The molecule has 98 valence electrons. The first-order chi connectivity index (χ1) is 8.95. The van der Waals surface area contributed by atoms with Gasteiger partial charge >= 0.3 is 0 Å². The summed E-state index contributed by atoms with van der Waals surface area (Å²) in [6.07, 6.45) is 12.4. The zero-order valence-electron chi connectivity index (χ0n) is 11.5. The highest BCUT2D eigenvalue weighted by Gasteiger charge is 2.17. The molecule has 1 heteroatoms. The van der Waals surface area contributed by atoms with Crippen LogP contribution in [0.25, 0.3) is 0 Å². The first-order valence-corrected chi connectivity index (χ1v) is 7.81. The Bertz CT molecular complexity index is 389. The Hall–Kier alpha value is -0.980. The molecule has 2 aliphatic rings. The minimum absolute atomic E-state index is 1.27. The average Bonchev–Trinajstić information content (AvgIpc) is 2.38. The van der Waals surface area contributed by atoms with E-state index >= 15 is 0 Å². The highest BCUT2D eigenvalue weighted by atomic mass is 15.1. The second-order valence-electron chi connectivity index (χ2n) is 5.88. The summed E-state index contributed by atoms with van der Waals surface area (Å²) in [6, 6.07) is 6.99. The molecule has 0 aromatic heterocycles. The van der Waals surface area contributed by atoms with Gasteiger partial charge in [0.1, 0.15) is 0 Å². The maximum Gasteiger partial charge on any atom is 0.0401 e. The second kappa shape index (κ2) is 5.77.